The van der Waals surface area contributed by atoms with Gasteiger partial charge in [-0.1, -0.05) is 13.0 Å². The second kappa shape index (κ2) is 8.24. The molecule has 0 amide bonds. The molecule has 1 rings (SSSR count). The number of aliphatic hydroxyl groups is 1. The number of halogens is 3. The van der Waals surface area contributed by atoms with Crippen LogP contribution in [-0.2, 0) is 0 Å². The monoisotopic (exact) mass is 321 g/mol. The van der Waals surface area contributed by atoms with Gasteiger partial charge in [-0.15, -0.1) is 0 Å². The molecule has 0 saturated heterocycles. The number of methoxy groups -OCH3 is 2. The summed E-state index contributed by atoms with van der Waals surface area (Å²) in [5.74, 6) is 0.609. The summed E-state index contributed by atoms with van der Waals surface area (Å²) in [5.41, 5.74) is 0.0381. The van der Waals surface area contributed by atoms with Crippen LogP contribution in [0.3, 0.4) is 0 Å². The molecule has 1 aromatic carbocycles. The van der Waals surface area contributed by atoms with E-state index in [1.807, 2.05) is 0 Å². The number of hydrogen-bond donors (Lipinski definition) is 2. The van der Waals surface area contributed by atoms with Gasteiger partial charge < -0.3 is 19.9 Å². The van der Waals surface area contributed by atoms with Gasteiger partial charge in [-0.05, 0) is 37.1 Å². The minimum Gasteiger partial charge on any atom is -0.493 e. The Morgan fingerprint density at radius 3 is 2.32 bits per heavy atom. The molecule has 0 aliphatic carbocycles. The van der Waals surface area contributed by atoms with Crippen molar-refractivity contribution in [2.45, 2.75) is 38.1 Å². The zero-order chi connectivity index (χ0) is 16.8. The third kappa shape index (κ3) is 5.06. The molecule has 0 saturated carbocycles. The van der Waals surface area contributed by atoms with Gasteiger partial charge in [0.25, 0.3) is 0 Å². The molecule has 0 bridgehead atoms. The number of ether oxygens (including phenoxy) is 2. The molecule has 1 aromatic rings. The van der Waals surface area contributed by atoms with Crippen LogP contribution in [0.25, 0.3) is 0 Å². The SMILES string of the molecule is CCC(O)CCNC(c1ccc(OC)c(OC)c1)C(F)(F)F. The highest BCUT2D eigenvalue weighted by Gasteiger charge is 2.40. The number of rotatable bonds is 8. The average Bonchev–Trinajstić information content (AvgIpc) is 2.49. The fourth-order valence-electron chi connectivity index (χ4n) is 2.05. The number of nitrogens with one attached hydrogen (secondary N) is 1. The summed E-state index contributed by atoms with van der Waals surface area (Å²) >= 11 is 0. The van der Waals surface area contributed by atoms with E-state index in [1.165, 1.54) is 32.4 Å². The lowest BCUT2D eigenvalue weighted by Crippen LogP contribution is -2.35. The Bertz CT molecular complexity index is 466. The van der Waals surface area contributed by atoms with Gasteiger partial charge in [0.15, 0.2) is 11.5 Å². The Labute approximate surface area is 128 Å². The summed E-state index contributed by atoms with van der Waals surface area (Å²) in [4.78, 5) is 0. The molecular formula is C15H22F3NO3. The van der Waals surface area contributed by atoms with Crippen molar-refractivity contribution in [3.8, 4) is 11.5 Å². The van der Waals surface area contributed by atoms with Crippen LogP contribution in [0.1, 0.15) is 31.4 Å². The van der Waals surface area contributed by atoms with E-state index >= 15 is 0 Å². The van der Waals surface area contributed by atoms with Crippen LogP contribution in [0, 0.1) is 0 Å². The molecule has 0 heterocycles. The second-order valence-electron chi connectivity index (χ2n) is 4.89. The highest BCUT2D eigenvalue weighted by atomic mass is 19.4. The van der Waals surface area contributed by atoms with Crippen molar-refractivity contribution >= 4 is 0 Å². The molecule has 0 aliphatic heterocycles. The quantitative estimate of drug-likeness (QED) is 0.773. The van der Waals surface area contributed by atoms with Crippen LogP contribution in [-0.4, -0.2) is 38.2 Å². The number of aliphatic hydroxyl groups excluding tert-OH is 1. The molecule has 0 fully saturated rings. The van der Waals surface area contributed by atoms with Crippen molar-refractivity contribution in [1.82, 2.24) is 5.32 Å². The van der Waals surface area contributed by atoms with Gasteiger partial charge in [-0.2, -0.15) is 13.2 Å². The van der Waals surface area contributed by atoms with Crippen LogP contribution < -0.4 is 14.8 Å². The number of hydrogen-bond acceptors (Lipinski definition) is 4. The predicted octanol–water partition coefficient (Wildman–Crippen LogP) is 3.06. The summed E-state index contributed by atoms with van der Waals surface area (Å²) < 4.78 is 49.8. The summed E-state index contributed by atoms with van der Waals surface area (Å²) in [6.07, 6.45) is -4.28. The first kappa shape index (κ1) is 18.6. The van der Waals surface area contributed by atoms with E-state index < -0.39 is 18.3 Å². The van der Waals surface area contributed by atoms with E-state index in [4.69, 9.17) is 9.47 Å². The largest absolute Gasteiger partial charge is 0.493 e. The molecule has 2 N–H and O–H groups in total. The van der Waals surface area contributed by atoms with Gasteiger partial charge in [-0.3, -0.25) is 0 Å². The summed E-state index contributed by atoms with van der Waals surface area (Å²) in [6.45, 7) is 1.84. The van der Waals surface area contributed by atoms with Crippen LogP contribution in [0.4, 0.5) is 13.2 Å². The van der Waals surface area contributed by atoms with Crippen molar-refractivity contribution in [3.63, 3.8) is 0 Å². The molecule has 0 aromatic heterocycles. The Kier molecular flexibility index (Phi) is 6.96. The highest BCUT2D eigenvalue weighted by molar-refractivity contribution is 5.44. The van der Waals surface area contributed by atoms with E-state index in [2.05, 4.69) is 5.32 Å². The third-order valence-corrected chi connectivity index (χ3v) is 3.37. The fraction of sp³-hybridized carbons (Fsp3) is 0.600. The zero-order valence-electron chi connectivity index (χ0n) is 12.9. The average molecular weight is 321 g/mol. The summed E-state index contributed by atoms with van der Waals surface area (Å²) in [5, 5.41) is 11.9. The third-order valence-electron chi connectivity index (χ3n) is 3.37. The van der Waals surface area contributed by atoms with Crippen LogP contribution in [0.2, 0.25) is 0 Å². The Morgan fingerprint density at radius 2 is 1.82 bits per heavy atom. The maximum Gasteiger partial charge on any atom is 0.407 e. The molecule has 0 spiro atoms. The van der Waals surface area contributed by atoms with E-state index in [1.54, 1.807) is 6.92 Å². The smallest absolute Gasteiger partial charge is 0.407 e. The predicted molar refractivity (Wildman–Crippen MR) is 77.3 cm³/mol. The fourth-order valence-corrected chi connectivity index (χ4v) is 2.05. The van der Waals surface area contributed by atoms with Gasteiger partial charge in [0.2, 0.25) is 0 Å². The van der Waals surface area contributed by atoms with E-state index in [-0.39, 0.29) is 24.3 Å². The maximum absolute atomic E-state index is 13.2. The van der Waals surface area contributed by atoms with Crippen molar-refractivity contribution < 1.29 is 27.8 Å². The standard InChI is InChI=1S/C15H22F3NO3/c1-4-11(20)7-8-19-14(15(16,17)18)10-5-6-12(21-2)13(9-10)22-3/h5-6,9,11,14,19-20H,4,7-8H2,1-3H3. The van der Waals surface area contributed by atoms with Gasteiger partial charge in [0.05, 0.1) is 20.3 Å². The first-order chi connectivity index (χ1) is 10.3. The lowest BCUT2D eigenvalue weighted by Gasteiger charge is -2.23. The number of benzene rings is 1. The molecule has 22 heavy (non-hydrogen) atoms. The summed E-state index contributed by atoms with van der Waals surface area (Å²) in [6, 6.07) is 2.27. The van der Waals surface area contributed by atoms with Crippen molar-refractivity contribution in [2.75, 3.05) is 20.8 Å². The Hall–Kier alpha value is -1.47. The van der Waals surface area contributed by atoms with Gasteiger partial charge in [-0.25, -0.2) is 0 Å². The minimum absolute atomic E-state index is 0.0381. The Morgan fingerprint density at radius 1 is 1.18 bits per heavy atom. The normalized spacial score (nSPS) is 14.5. The van der Waals surface area contributed by atoms with Gasteiger partial charge in [0, 0.05) is 0 Å². The topological polar surface area (TPSA) is 50.7 Å². The minimum atomic E-state index is -4.45. The lowest BCUT2D eigenvalue weighted by atomic mass is 10.0. The van der Waals surface area contributed by atoms with E-state index in [0.717, 1.165) is 0 Å². The molecule has 4 nitrogen and oxygen atoms in total. The van der Waals surface area contributed by atoms with Crippen LogP contribution in [0.15, 0.2) is 18.2 Å². The molecule has 2 unspecified atom stereocenters. The van der Waals surface area contributed by atoms with Crippen molar-refractivity contribution in [3.05, 3.63) is 23.8 Å². The molecule has 7 heteroatoms. The van der Waals surface area contributed by atoms with Gasteiger partial charge >= 0.3 is 6.18 Å². The lowest BCUT2D eigenvalue weighted by molar-refractivity contribution is -0.158. The first-order valence-corrected chi connectivity index (χ1v) is 7.03. The molecule has 2 atom stereocenters. The first-order valence-electron chi connectivity index (χ1n) is 7.03. The molecule has 0 aliphatic rings. The van der Waals surface area contributed by atoms with Crippen LogP contribution in [0.5, 0.6) is 11.5 Å². The van der Waals surface area contributed by atoms with Crippen molar-refractivity contribution in [2.24, 2.45) is 0 Å². The summed E-state index contributed by atoms with van der Waals surface area (Å²) in [7, 11) is 2.79. The van der Waals surface area contributed by atoms with Gasteiger partial charge in [0.1, 0.15) is 6.04 Å². The van der Waals surface area contributed by atoms with E-state index in [0.29, 0.717) is 12.2 Å². The highest BCUT2D eigenvalue weighted by Crippen LogP contribution is 2.37. The number of alkyl halides is 3. The van der Waals surface area contributed by atoms with Crippen molar-refractivity contribution in [1.29, 1.82) is 0 Å². The maximum atomic E-state index is 13.2. The Balaban J connectivity index is 2.93. The second-order valence-corrected chi connectivity index (χ2v) is 4.89. The molecule has 0 radical (unpaired) electrons. The van der Waals surface area contributed by atoms with Crippen LogP contribution >= 0.6 is 0 Å². The molecule has 126 valence electrons. The zero-order valence-corrected chi connectivity index (χ0v) is 12.9. The molecular weight excluding hydrogens is 299 g/mol. The van der Waals surface area contributed by atoms with E-state index in [9.17, 15) is 18.3 Å².